The highest BCUT2D eigenvalue weighted by atomic mass is 32.2. The average Bonchev–Trinajstić information content (AvgIpc) is 3.81. The molecule has 1 aliphatic carbocycles. The Labute approximate surface area is 233 Å². The lowest BCUT2D eigenvalue weighted by molar-refractivity contribution is 0.579. The lowest BCUT2D eigenvalue weighted by Gasteiger charge is -2.12. The van der Waals surface area contributed by atoms with Crippen LogP contribution in [0.4, 0.5) is 23.1 Å². The molecule has 11 nitrogen and oxygen atoms in total. The molecule has 0 bridgehead atoms. The largest absolute Gasteiger partial charge is 0.340 e. The van der Waals surface area contributed by atoms with Gasteiger partial charge in [0, 0.05) is 48.6 Å². The van der Waals surface area contributed by atoms with Crippen LogP contribution in [0.1, 0.15) is 29.5 Å². The predicted molar refractivity (Wildman–Crippen MR) is 153 cm³/mol. The van der Waals surface area contributed by atoms with Crippen LogP contribution in [0.2, 0.25) is 0 Å². The normalized spacial score (nSPS) is 13.6. The summed E-state index contributed by atoms with van der Waals surface area (Å²) in [5.74, 6) is 0.935. The van der Waals surface area contributed by atoms with Crippen LogP contribution in [0.15, 0.2) is 84.1 Å². The molecule has 4 N–H and O–H groups in total. The van der Waals surface area contributed by atoms with E-state index in [-0.39, 0.29) is 23.2 Å². The van der Waals surface area contributed by atoms with Gasteiger partial charge in [0.15, 0.2) is 0 Å². The smallest absolute Gasteiger partial charge is 0.240 e. The number of aromatic nitrogens is 3. The minimum Gasteiger partial charge on any atom is -0.340 e. The monoisotopic (exact) mass is 579 g/mol. The molecule has 0 aliphatic heterocycles. The Kier molecular flexibility index (Phi) is 8.07. The highest BCUT2D eigenvalue weighted by Crippen LogP contribution is 2.28. The number of hydrogen-bond acceptors (Lipinski definition) is 9. The van der Waals surface area contributed by atoms with Gasteiger partial charge in [-0.2, -0.15) is 4.98 Å². The van der Waals surface area contributed by atoms with Crippen LogP contribution < -0.4 is 20.1 Å². The first-order chi connectivity index (χ1) is 19.2. The van der Waals surface area contributed by atoms with E-state index in [1.165, 1.54) is 12.1 Å². The number of benzene rings is 2. The van der Waals surface area contributed by atoms with Crippen molar-refractivity contribution < 1.29 is 16.8 Å². The maximum Gasteiger partial charge on any atom is 0.240 e. The minimum atomic E-state index is -3.68. The molecule has 0 unspecified atom stereocenters. The summed E-state index contributed by atoms with van der Waals surface area (Å²) < 4.78 is 54.6. The van der Waals surface area contributed by atoms with Gasteiger partial charge >= 0.3 is 0 Å². The van der Waals surface area contributed by atoms with Crippen molar-refractivity contribution in [2.75, 3.05) is 10.6 Å². The van der Waals surface area contributed by atoms with E-state index in [9.17, 15) is 16.8 Å². The highest BCUT2D eigenvalue weighted by Gasteiger charge is 2.35. The molecule has 0 atom stereocenters. The summed E-state index contributed by atoms with van der Waals surface area (Å²) in [6, 6.07) is 17.2. The van der Waals surface area contributed by atoms with E-state index in [4.69, 9.17) is 0 Å². The summed E-state index contributed by atoms with van der Waals surface area (Å²) in [5, 5.41) is 6.11. The van der Waals surface area contributed by atoms with E-state index in [0.717, 1.165) is 35.2 Å². The van der Waals surface area contributed by atoms with Crippen molar-refractivity contribution in [1.29, 1.82) is 0 Å². The first-order valence-corrected chi connectivity index (χ1v) is 15.6. The number of nitrogens with zero attached hydrogens (tertiary/aromatic N) is 3. The average molecular weight is 580 g/mol. The van der Waals surface area contributed by atoms with Crippen LogP contribution in [0.3, 0.4) is 0 Å². The molecule has 0 radical (unpaired) electrons. The third kappa shape index (κ3) is 7.18. The number of sulfonamides is 2. The van der Waals surface area contributed by atoms with Gasteiger partial charge in [-0.1, -0.05) is 12.1 Å². The summed E-state index contributed by atoms with van der Waals surface area (Å²) >= 11 is 0. The van der Waals surface area contributed by atoms with Crippen LogP contribution >= 0.6 is 0 Å². The fraction of sp³-hybridized carbons (Fsp3) is 0.222. The second-order valence-corrected chi connectivity index (χ2v) is 13.3. The third-order valence-electron chi connectivity index (χ3n) is 6.27. The topological polar surface area (TPSA) is 155 Å². The summed E-state index contributed by atoms with van der Waals surface area (Å²) in [5.41, 5.74) is 3.91. The van der Waals surface area contributed by atoms with Crippen LogP contribution in [-0.4, -0.2) is 37.0 Å². The molecule has 0 saturated heterocycles. The van der Waals surface area contributed by atoms with Gasteiger partial charge in [-0.3, -0.25) is 4.98 Å². The van der Waals surface area contributed by atoms with Crippen molar-refractivity contribution in [3.8, 4) is 0 Å². The van der Waals surface area contributed by atoms with Gasteiger partial charge in [0.2, 0.25) is 26.0 Å². The summed E-state index contributed by atoms with van der Waals surface area (Å²) in [6.45, 7) is 2.30. The Hall–Kier alpha value is -3.91. The Morgan fingerprint density at radius 3 is 2.05 bits per heavy atom. The van der Waals surface area contributed by atoms with Gasteiger partial charge in [-0.15, -0.1) is 0 Å². The van der Waals surface area contributed by atoms with Gasteiger partial charge in [0.25, 0.3) is 0 Å². The molecule has 13 heteroatoms. The van der Waals surface area contributed by atoms with Gasteiger partial charge in [0.1, 0.15) is 5.82 Å². The lowest BCUT2D eigenvalue weighted by Crippen LogP contribution is -2.26. The molecule has 0 amide bonds. The lowest BCUT2D eigenvalue weighted by atomic mass is 10.2. The van der Waals surface area contributed by atoms with Crippen molar-refractivity contribution in [3.05, 3.63) is 95.9 Å². The molecule has 1 fully saturated rings. The zero-order chi connectivity index (χ0) is 28.2. The molecule has 2 aromatic carbocycles. The second kappa shape index (κ2) is 11.7. The quantitative estimate of drug-likeness (QED) is 0.196. The number of aryl methyl sites for hydroxylation is 1. The zero-order valence-electron chi connectivity index (χ0n) is 21.7. The molecule has 4 aromatic rings. The molecular weight excluding hydrogens is 550 g/mol. The van der Waals surface area contributed by atoms with Crippen molar-refractivity contribution in [2.24, 2.45) is 0 Å². The van der Waals surface area contributed by atoms with Gasteiger partial charge in [-0.05, 0) is 79.4 Å². The van der Waals surface area contributed by atoms with Gasteiger partial charge < -0.3 is 10.6 Å². The maximum atomic E-state index is 12.7. The molecule has 40 heavy (non-hydrogen) atoms. The molecule has 1 saturated carbocycles. The minimum absolute atomic E-state index is 0.142. The van der Waals surface area contributed by atoms with Crippen molar-refractivity contribution in [2.45, 2.75) is 43.0 Å². The molecule has 2 heterocycles. The van der Waals surface area contributed by atoms with Gasteiger partial charge in [0.05, 0.1) is 10.1 Å². The number of anilines is 4. The van der Waals surface area contributed by atoms with Crippen molar-refractivity contribution >= 4 is 43.2 Å². The van der Waals surface area contributed by atoms with E-state index in [2.05, 4.69) is 35.0 Å². The molecule has 208 valence electrons. The summed E-state index contributed by atoms with van der Waals surface area (Å²) in [7, 11) is -6.91. The fourth-order valence-corrected chi connectivity index (χ4v) is 6.14. The Morgan fingerprint density at radius 1 is 0.775 bits per heavy atom. The Bertz CT molecular complexity index is 1680. The molecule has 1 aliphatic rings. The summed E-state index contributed by atoms with van der Waals surface area (Å²) in [4.78, 5) is 13.0. The van der Waals surface area contributed by atoms with E-state index < -0.39 is 20.0 Å². The Morgan fingerprint density at radius 2 is 1.38 bits per heavy atom. The first kappa shape index (κ1) is 27.6. The number of hydrogen-bond donors (Lipinski definition) is 4. The van der Waals surface area contributed by atoms with Crippen LogP contribution in [0, 0.1) is 6.92 Å². The maximum absolute atomic E-state index is 12.7. The SMILES string of the molecule is Cc1cnc(Nc2ccc(S(=O)(=O)NCc3ccncc3)cc2)nc1Nc1ccc(CNS(=O)(=O)C2CC2)cc1. The summed E-state index contributed by atoms with van der Waals surface area (Å²) in [6.07, 6.45) is 6.36. The molecule has 0 spiro atoms. The number of nitrogens with one attached hydrogen (secondary N) is 4. The second-order valence-electron chi connectivity index (χ2n) is 9.44. The molecular formula is C27H29N7O4S2. The van der Waals surface area contributed by atoms with Crippen LogP contribution in [0.25, 0.3) is 0 Å². The van der Waals surface area contributed by atoms with Crippen LogP contribution in [-0.2, 0) is 33.1 Å². The predicted octanol–water partition coefficient (Wildman–Crippen LogP) is 3.73. The van der Waals surface area contributed by atoms with Gasteiger partial charge in [-0.25, -0.2) is 31.3 Å². The Balaban J connectivity index is 1.19. The number of rotatable bonds is 12. The van der Waals surface area contributed by atoms with E-state index in [1.807, 2.05) is 31.2 Å². The third-order valence-corrected chi connectivity index (χ3v) is 9.58. The highest BCUT2D eigenvalue weighted by molar-refractivity contribution is 7.90. The zero-order valence-corrected chi connectivity index (χ0v) is 23.3. The fourth-order valence-electron chi connectivity index (χ4n) is 3.76. The van der Waals surface area contributed by atoms with E-state index in [1.54, 1.807) is 42.9 Å². The van der Waals surface area contributed by atoms with Crippen molar-refractivity contribution in [1.82, 2.24) is 24.4 Å². The van der Waals surface area contributed by atoms with Crippen LogP contribution in [0.5, 0.6) is 0 Å². The standard InChI is InChI=1S/C27H29N7O4S2/c1-19-16-29-27(33-23-6-8-24(9-7-23)39(35,36)31-18-21-12-14-28-15-13-21)34-26(19)32-22-4-2-20(3-5-22)17-30-40(37,38)25-10-11-25/h2-9,12-16,25,30-31H,10-11,17-18H2,1H3,(H2,29,32,33,34). The van der Waals surface area contributed by atoms with E-state index in [0.29, 0.717) is 17.5 Å². The molecule has 5 rings (SSSR count). The number of pyridine rings is 1. The van der Waals surface area contributed by atoms with E-state index >= 15 is 0 Å². The van der Waals surface area contributed by atoms with Crippen molar-refractivity contribution in [3.63, 3.8) is 0 Å². The molecule has 2 aromatic heterocycles. The first-order valence-electron chi connectivity index (χ1n) is 12.6.